The molecule has 0 radical (unpaired) electrons. The molecule has 3 rings (SSSR count). The summed E-state index contributed by atoms with van der Waals surface area (Å²) in [6, 6.07) is 4.54. The van der Waals surface area contributed by atoms with Gasteiger partial charge in [-0.25, -0.2) is 0 Å². The molecule has 0 saturated heterocycles. The molecule has 2 aromatic rings. The zero-order chi connectivity index (χ0) is 11.8. The van der Waals surface area contributed by atoms with Gasteiger partial charge in [-0.2, -0.15) is 4.52 Å². The van der Waals surface area contributed by atoms with Crippen molar-refractivity contribution in [3.05, 3.63) is 18.0 Å². The molecule has 2 heterocycles. The molecule has 90 valence electrons. The summed E-state index contributed by atoms with van der Waals surface area (Å²) in [5, 5.41) is 16.0. The fraction of sp³-hybridized carbons (Fsp3) is 0.583. The Hall–Kier alpha value is -1.65. The maximum Gasteiger partial charge on any atom is 0.178 e. The molecular weight excluding hydrogens is 214 g/mol. The van der Waals surface area contributed by atoms with Gasteiger partial charge in [-0.1, -0.05) is 13.3 Å². The lowest BCUT2D eigenvalue weighted by Crippen LogP contribution is -2.08. The highest BCUT2D eigenvalue weighted by molar-refractivity contribution is 5.45. The molecule has 5 heteroatoms. The molecule has 2 unspecified atom stereocenters. The van der Waals surface area contributed by atoms with E-state index >= 15 is 0 Å². The summed E-state index contributed by atoms with van der Waals surface area (Å²) in [6.45, 7) is 4.15. The van der Waals surface area contributed by atoms with Crippen LogP contribution in [0.3, 0.4) is 0 Å². The van der Waals surface area contributed by atoms with E-state index in [0.29, 0.717) is 6.04 Å². The van der Waals surface area contributed by atoms with Gasteiger partial charge in [-0.15, -0.1) is 15.3 Å². The molecule has 5 nitrogen and oxygen atoms in total. The monoisotopic (exact) mass is 231 g/mol. The van der Waals surface area contributed by atoms with Crippen molar-refractivity contribution in [2.24, 2.45) is 5.92 Å². The second kappa shape index (κ2) is 3.98. The summed E-state index contributed by atoms with van der Waals surface area (Å²) < 4.78 is 1.78. The van der Waals surface area contributed by atoms with E-state index in [1.165, 1.54) is 19.3 Å². The summed E-state index contributed by atoms with van der Waals surface area (Å²) in [5.41, 5.74) is 0.800. The first-order valence-corrected chi connectivity index (χ1v) is 6.23. The number of fused-ring (bicyclic) bond motifs is 1. The first-order valence-electron chi connectivity index (χ1n) is 6.23. The third-order valence-corrected chi connectivity index (χ3v) is 3.33. The molecular formula is C12H17N5. The van der Waals surface area contributed by atoms with E-state index < -0.39 is 0 Å². The summed E-state index contributed by atoms with van der Waals surface area (Å²) in [5.74, 6) is 2.58. The Kier molecular flexibility index (Phi) is 2.46. The lowest BCUT2D eigenvalue weighted by Gasteiger charge is -2.04. The molecule has 1 aliphatic carbocycles. The number of hydrogen-bond donors (Lipinski definition) is 1. The third-order valence-electron chi connectivity index (χ3n) is 3.33. The van der Waals surface area contributed by atoms with Gasteiger partial charge in [0.1, 0.15) is 5.82 Å². The zero-order valence-corrected chi connectivity index (χ0v) is 10.2. The molecule has 2 aromatic heterocycles. The smallest absolute Gasteiger partial charge is 0.178 e. The molecule has 0 spiro atoms. The Bertz CT molecular complexity index is 533. The van der Waals surface area contributed by atoms with Gasteiger partial charge in [0.05, 0.1) is 0 Å². The molecule has 1 fully saturated rings. The molecule has 17 heavy (non-hydrogen) atoms. The second-order valence-electron chi connectivity index (χ2n) is 4.77. The van der Waals surface area contributed by atoms with Gasteiger partial charge in [-0.3, -0.25) is 0 Å². The van der Waals surface area contributed by atoms with Crippen molar-refractivity contribution in [1.82, 2.24) is 19.8 Å². The fourth-order valence-electron chi connectivity index (χ4n) is 2.28. The quantitative estimate of drug-likeness (QED) is 0.874. The minimum atomic E-state index is 0.608. The molecule has 1 saturated carbocycles. The standard InChI is InChI=1S/C12H17N5/c1-3-4-9-7-10(9)13-11-5-6-12-15-14-8(2)17(12)16-11/h5-6,9-10H,3-4,7H2,1-2H3,(H,13,16). The second-order valence-corrected chi connectivity index (χ2v) is 4.77. The Balaban J connectivity index is 1.75. The van der Waals surface area contributed by atoms with E-state index in [1.807, 2.05) is 19.1 Å². The van der Waals surface area contributed by atoms with E-state index in [-0.39, 0.29) is 0 Å². The Morgan fingerprint density at radius 3 is 3.12 bits per heavy atom. The van der Waals surface area contributed by atoms with Crippen molar-refractivity contribution in [2.75, 3.05) is 5.32 Å². The normalized spacial score (nSPS) is 22.9. The van der Waals surface area contributed by atoms with E-state index in [4.69, 9.17) is 0 Å². The fourth-order valence-corrected chi connectivity index (χ4v) is 2.28. The lowest BCUT2D eigenvalue weighted by molar-refractivity contribution is 0.691. The van der Waals surface area contributed by atoms with E-state index in [2.05, 4.69) is 27.5 Å². The number of aromatic nitrogens is 4. The van der Waals surface area contributed by atoms with Crippen LogP contribution in [0.4, 0.5) is 5.82 Å². The first-order chi connectivity index (χ1) is 8.28. The van der Waals surface area contributed by atoms with Gasteiger partial charge < -0.3 is 5.32 Å². The van der Waals surface area contributed by atoms with Crippen LogP contribution in [0.1, 0.15) is 32.0 Å². The number of aryl methyl sites for hydroxylation is 1. The highest BCUT2D eigenvalue weighted by atomic mass is 15.4. The van der Waals surface area contributed by atoms with Gasteiger partial charge in [0.2, 0.25) is 0 Å². The topological polar surface area (TPSA) is 55.1 Å². The van der Waals surface area contributed by atoms with Crippen LogP contribution in [-0.4, -0.2) is 25.9 Å². The van der Waals surface area contributed by atoms with Gasteiger partial charge in [0.25, 0.3) is 0 Å². The van der Waals surface area contributed by atoms with Crippen LogP contribution in [0.2, 0.25) is 0 Å². The number of anilines is 1. The average Bonchev–Trinajstić information content (AvgIpc) is 2.94. The average molecular weight is 231 g/mol. The SMILES string of the molecule is CCCC1CC1Nc1ccc2nnc(C)n2n1. The molecule has 0 aromatic carbocycles. The Morgan fingerprint density at radius 2 is 2.29 bits per heavy atom. The van der Waals surface area contributed by atoms with Crippen LogP contribution in [-0.2, 0) is 0 Å². The van der Waals surface area contributed by atoms with Crippen molar-refractivity contribution in [2.45, 2.75) is 39.2 Å². The minimum Gasteiger partial charge on any atom is -0.366 e. The number of hydrogen-bond acceptors (Lipinski definition) is 4. The summed E-state index contributed by atoms with van der Waals surface area (Å²) in [4.78, 5) is 0. The van der Waals surface area contributed by atoms with Gasteiger partial charge in [0.15, 0.2) is 11.5 Å². The zero-order valence-electron chi connectivity index (χ0n) is 10.2. The van der Waals surface area contributed by atoms with Crippen LogP contribution in [0.5, 0.6) is 0 Å². The van der Waals surface area contributed by atoms with E-state index in [9.17, 15) is 0 Å². The highest BCUT2D eigenvalue weighted by Gasteiger charge is 2.36. The molecule has 2 atom stereocenters. The molecule has 1 N–H and O–H groups in total. The predicted octanol–water partition coefficient (Wildman–Crippen LogP) is 2.03. The van der Waals surface area contributed by atoms with Crippen molar-refractivity contribution in [3.8, 4) is 0 Å². The van der Waals surface area contributed by atoms with Crippen molar-refractivity contribution in [3.63, 3.8) is 0 Å². The first kappa shape index (κ1) is 10.5. The van der Waals surface area contributed by atoms with Crippen LogP contribution in [0, 0.1) is 12.8 Å². The van der Waals surface area contributed by atoms with Crippen molar-refractivity contribution in [1.29, 1.82) is 0 Å². The van der Waals surface area contributed by atoms with Gasteiger partial charge >= 0.3 is 0 Å². The van der Waals surface area contributed by atoms with Gasteiger partial charge in [0, 0.05) is 6.04 Å². The van der Waals surface area contributed by atoms with Gasteiger partial charge in [-0.05, 0) is 37.8 Å². The molecule has 0 aliphatic heterocycles. The summed E-state index contributed by atoms with van der Waals surface area (Å²) >= 11 is 0. The molecule has 0 amide bonds. The Labute approximate surface area is 100 Å². The third kappa shape index (κ3) is 1.97. The van der Waals surface area contributed by atoms with E-state index in [1.54, 1.807) is 4.52 Å². The van der Waals surface area contributed by atoms with Crippen LogP contribution < -0.4 is 5.32 Å². The molecule has 1 aliphatic rings. The minimum absolute atomic E-state index is 0.608. The predicted molar refractivity (Wildman–Crippen MR) is 65.9 cm³/mol. The van der Waals surface area contributed by atoms with E-state index in [0.717, 1.165) is 23.2 Å². The maximum atomic E-state index is 4.49. The maximum absolute atomic E-state index is 4.49. The van der Waals surface area contributed by atoms with Crippen molar-refractivity contribution < 1.29 is 0 Å². The Morgan fingerprint density at radius 1 is 1.41 bits per heavy atom. The van der Waals surface area contributed by atoms with Crippen LogP contribution in [0.25, 0.3) is 5.65 Å². The highest BCUT2D eigenvalue weighted by Crippen LogP contribution is 2.36. The lowest BCUT2D eigenvalue weighted by atomic mass is 10.2. The summed E-state index contributed by atoms with van der Waals surface area (Å²) in [7, 11) is 0. The number of nitrogens with one attached hydrogen (secondary N) is 1. The van der Waals surface area contributed by atoms with Crippen molar-refractivity contribution >= 4 is 11.5 Å². The van der Waals surface area contributed by atoms with Crippen LogP contribution in [0.15, 0.2) is 12.1 Å². The number of nitrogens with zero attached hydrogens (tertiary/aromatic N) is 4. The van der Waals surface area contributed by atoms with Crippen LogP contribution >= 0.6 is 0 Å². The number of rotatable bonds is 4. The molecule has 0 bridgehead atoms. The summed E-state index contributed by atoms with van der Waals surface area (Å²) in [6.07, 6.45) is 3.85. The largest absolute Gasteiger partial charge is 0.366 e.